The lowest BCUT2D eigenvalue weighted by atomic mass is 10.2. The van der Waals surface area contributed by atoms with Crippen LogP contribution in [0.3, 0.4) is 0 Å². The Morgan fingerprint density at radius 2 is 1.81 bits per heavy atom. The molecule has 0 atom stereocenters. The standard InChI is InChI=1S/C11H12N2O3/c1-8-2-4-9(5-3-8)12-13-10(14)6-7-11(15)16/h2-7,12H,1H3,(H,13,14)(H,15,16)/b7-6-. The van der Waals surface area contributed by atoms with Crippen LogP contribution in [0.2, 0.25) is 0 Å². The molecule has 0 aliphatic heterocycles. The first-order valence-corrected chi connectivity index (χ1v) is 4.61. The summed E-state index contributed by atoms with van der Waals surface area (Å²) in [6.45, 7) is 1.96. The number of rotatable bonds is 4. The van der Waals surface area contributed by atoms with Gasteiger partial charge in [0, 0.05) is 12.2 Å². The van der Waals surface area contributed by atoms with Crippen LogP contribution in [0.5, 0.6) is 0 Å². The predicted molar refractivity (Wildman–Crippen MR) is 59.7 cm³/mol. The second-order valence-electron chi connectivity index (χ2n) is 3.15. The van der Waals surface area contributed by atoms with Crippen molar-refractivity contribution in [1.82, 2.24) is 5.43 Å². The zero-order valence-corrected chi connectivity index (χ0v) is 8.73. The lowest BCUT2D eigenvalue weighted by Gasteiger charge is -2.06. The first-order chi connectivity index (χ1) is 7.58. The molecule has 0 spiro atoms. The fourth-order valence-electron chi connectivity index (χ4n) is 0.959. The Bertz CT molecular complexity index is 410. The highest BCUT2D eigenvalue weighted by molar-refractivity contribution is 5.94. The smallest absolute Gasteiger partial charge is 0.328 e. The molecule has 84 valence electrons. The van der Waals surface area contributed by atoms with Gasteiger partial charge >= 0.3 is 5.97 Å². The summed E-state index contributed by atoms with van der Waals surface area (Å²) in [6.07, 6.45) is 1.70. The number of aliphatic carboxylic acids is 1. The third-order valence-corrected chi connectivity index (χ3v) is 1.76. The zero-order valence-electron chi connectivity index (χ0n) is 8.73. The van der Waals surface area contributed by atoms with Crippen molar-refractivity contribution in [3.05, 3.63) is 42.0 Å². The third kappa shape index (κ3) is 4.28. The minimum Gasteiger partial charge on any atom is -0.478 e. The second kappa shape index (κ2) is 5.55. The average molecular weight is 220 g/mol. The second-order valence-corrected chi connectivity index (χ2v) is 3.15. The van der Waals surface area contributed by atoms with E-state index in [-0.39, 0.29) is 0 Å². The topological polar surface area (TPSA) is 78.4 Å². The number of amides is 1. The number of aryl methyl sites for hydroxylation is 1. The molecule has 3 N–H and O–H groups in total. The highest BCUT2D eigenvalue weighted by Gasteiger charge is 1.96. The fourth-order valence-corrected chi connectivity index (χ4v) is 0.959. The first kappa shape index (κ1) is 11.8. The van der Waals surface area contributed by atoms with Crippen molar-refractivity contribution in [3.8, 4) is 0 Å². The Labute approximate surface area is 92.8 Å². The SMILES string of the molecule is Cc1ccc(NNC(=O)/C=C\C(=O)O)cc1. The number of carboxylic acid groups (broad SMARTS) is 1. The van der Waals surface area contributed by atoms with Gasteiger partial charge in [-0.1, -0.05) is 17.7 Å². The van der Waals surface area contributed by atoms with Crippen molar-refractivity contribution in [2.24, 2.45) is 0 Å². The first-order valence-electron chi connectivity index (χ1n) is 4.61. The number of carboxylic acids is 1. The third-order valence-electron chi connectivity index (χ3n) is 1.76. The van der Waals surface area contributed by atoms with Crippen LogP contribution in [-0.4, -0.2) is 17.0 Å². The van der Waals surface area contributed by atoms with Crippen molar-refractivity contribution in [2.45, 2.75) is 6.92 Å². The van der Waals surface area contributed by atoms with E-state index >= 15 is 0 Å². The Balaban J connectivity index is 2.43. The lowest BCUT2D eigenvalue weighted by molar-refractivity contribution is -0.131. The minimum absolute atomic E-state index is 0.525. The van der Waals surface area contributed by atoms with Gasteiger partial charge in [0.1, 0.15) is 0 Å². The van der Waals surface area contributed by atoms with Gasteiger partial charge in [-0.3, -0.25) is 15.6 Å². The minimum atomic E-state index is -1.16. The number of carbonyl (C=O) groups excluding carboxylic acids is 1. The molecule has 0 aliphatic rings. The number of carbonyl (C=O) groups is 2. The molecule has 0 heterocycles. The van der Waals surface area contributed by atoms with Crippen LogP contribution in [0.15, 0.2) is 36.4 Å². The number of anilines is 1. The van der Waals surface area contributed by atoms with Gasteiger partial charge in [-0.05, 0) is 19.1 Å². The summed E-state index contributed by atoms with van der Waals surface area (Å²) in [4.78, 5) is 21.2. The Hall–Kier alpha value is -2.30. The highest BCUT2D eigenvalue weighted by Crippen LogP contribution is 2.06. The molecule has 1 aromatic rings. The summed E-state index contributed by atoms with van der Waals surface area (Å²) in [5.41, 5.74) is 6.82. The predicted octanol–water partition coefficient (Wildman–Crippen LogP) is 1.08. The van der Waals surface area contributed by atoms with E-state index in [1.54, 1.807) is 12.1 Å². The molecule has 1 amide bonds. The van der Waals surface area contributed by atoms with Crippen LogP contribution < -0.4 is 10.9 Å². The van der Waals surface area contributed by atoms with Crippen molar-refractivity contribution in [1.29, 1.82) is 0 Å². The van der Waals surface area contributed by atoms with E-state index in [9.17, 15) is 9.59 Å². The van der Waals surface area contributed by atoms with Crippen molar-refractivity contribution < 1.29 is 14.7 Å². The zero-order chi connectivity index (χ0) is 12.0. The van der Waals surface area contributed by atoms with E-state index in [1.165, 1.54) is 0 Å². The molecule has 5 heteroatoms. The van der Waals surface area contributed by atoms with Crippen LogP contribution in [0.4, 0.5) is 5.69 Å². The van der Waals surface area contributed by atoms with Gasteiger partial charge < -0.3 is 5.11 Å². The normalized spacial score (nSPS) is 10.1. The molecular weight excluding hydrogens is 208 g/mol. The van der Waals surface area contributed by atoms with Gasteiger partial charge in [0.25, 0.3) is 5.91 Å². The van der Waals surface area contributed by atoms with Crippen molar-refractivity contribution >= 4 is 17.6 Å². The van der Waals surface area contributed by atoms with Crippen LogP contribution in [0.25, 0.3) is 0 Å². The van der Waals surface area contributed by atoms with Crippen molar-refractivity contribution in [3.63, 3.8) is 0 Å². The Morgan fingerprint density at radius 3 is 2.38 bits per heavy atom. The molecule has 0 aliphatic carbocycles. The fraction of sp³-hybridized carbons (Fsp3) is 0.0909. The summed E-state index contributed by atoms with van der Waals surface area (Å²) >= 11 is 0. The summed E-state index contributed by atoms with van der Waals surface area (Å²) in [5.74, 6) is -1.69. The number of hydrazine groups is 1. The van der Waals surface area contributed by atoms with Gasteiger partial charge in [-0.2, -0.15) is 0 Å². The van der Waals surface area contributed by atoms with Crippen LogP contribution in [0.1, 0.15) is 5.56 Å². The molecule has 0 saturated carbocycles. The van der Waals surface area contributed by atoms with E-state index in [1.807, 2.05) is 19.1 Å². The molecule has 1 rings (SSSR count). The Kier molecular flexibility index (Phi) is 4.08. The Morgan fingerprint density at radius 1 is 1.19 bits per heavy atom. The van der Waals surface area contributed by atoms with Crippen LogP contribution >= 0.6 is 0 Å². The highest BCUT2D eigenvalue weighted by atomic mass is 16.4. The molecule has 5 nitrogen and oxygen atoms in total. The summed E-state index contributed by atoms with van der Waals surface area (Å²) in [6, 6.07) is 7.39. The van der Waals surface area contributed by atoms with Gasteiger partial charge in [-0.25, -0.2) is 4.79 Å². The van der Waals surface area contributed by atoms with E-state index in [0.717, 1.165) is 23.4 Å². The van der Waals surface area contributed by atoms with E-state index in [0.29, 0.717) is 0 Å². The average Bonchev–Trinajstić information content (AvgIpc) is 2.25. The molecule has 0 unspecified atom stereocenters. The number of hydrogen-bond acceptors (Lipinski definition) is 3. The monoisotopic (exact) mass is 220 g/mol. The summed E-state index contributed by atoms with van der Waals surface area (Å²) in [7, 11) is 0. The van der Waals surface area contributed by atoms with Crippen LogP contribution in [0, 0.1) is 6.92 Å². The molecule has 0 aromatic heterocycles. The molecular formula is C11H12N2O3. The van der Waals surface area contributed by atoms with Gasteiger partial charge in [0.05, 0.1) is 5.69 Å². The molecule has 0 saturated heterocycles. The van der Waals surface area contributed by atoms with Gasteiger partial charge in [-0.15, -0.1) is 0 Å². The maximum absolute atomic E-state index is 11.1. The van der Waals surface area contributed by atoms with Gasteiger partial charge in [0.2, 0.25) is 0 Å². The summed E-state index contributed by atoms with van der Waals surface area (Å²) in [5, 5.41) is 8.29. The lowest BCUT2D eigenvalue weighted by Crippen LogP contribution is -2.27. The number of benzene rings is 1. The molecule has 16 heavy (non-hydrogen) atoms. The van der Waals surface area contributed by atoms with E-state index in [4.69, 9.17) is 5.11 Å². The van der Waals surface area contributed by atoms with Gasteiger partial charge in [0.15, 0.2) is 0 Å². The van der Waals surface area contributed by atoms with Crippen LogP contribution in [-0.2, 0) is 9.59 Å². The maximum Gasteiger partial charge on any atom is 0.328 e. The quantitative estimate of drug-likeness (QED) is 0.524. The summed E-state index contributed by atoms with van der Waals surface area (Å²) < 4.78 is 0. The molecule has 1 aromatic carbocycles. The van der Waals surface area contributed by atoms with E-state index < -0.39 is 11.9 Å². The molecule has 0 radical (unpaired) electrons. The van der Waals surface area contributed by atoms with Crippen molar-refractivity contribution in [2.75, 3.05) is 5.43 Å². The molecule has 0 bridgehead atoms. The van der Waals surface area contributed by atoms with E-state index in [2.05, 4.69) is 10.9 Å². The number of nitrogens with one attached hydrogen (secondary N) is 2. The molecule has 0 fully saturated rings. The maximum atomic E-state index is 11.1. The largest absolute Gasteiger partial charge is 0.478 e. The number of hydrogen-bond donors (Lipinski definition) is 3.